The molecule has 0 amide bonds. The van der Waals surface area contributed by atoms with Gasteiger partial charge in [-0.3, -0.25) is 4.98 Å². The summed E-state index contributed by atoms with van der Waals surface area (Å²) in [7, 11) is 0. The Balaban J connectivity index is 1.57. The zero-order chi connectivity index (χ0) is 19.5. The van der Waals surface area contributed by atoms with E-state index in [9.17, 15) is 9.90 Å². The minimum atomic E-state index is -0.896. The van der Waals surface area contributed by atoms with Crippen LogP contribution in [0.3, 0.4) is 0 Å². The van der Waals surface area contributed by atoms with E-state index in [2.05, 4.69) is 48.3 Å². The number of carbonyl (C=O) groups is 1. The number of fused-ring (bicyclic) bond motifs is 1. The van der Waals surface area contributed by atoms with Gasteiger partial charge in [0.25, 0.3) is 0 Å². The maximum atomic E-state index is 11.4. The van der Waals surface area contributed by atoms with Crippen LogP contribution in [0.15, 0.2) is 60.9 Å². The molecule has 1 aromatic heterocycles. The highest BCUT2D eigenvalue weighted by Crippen LogP contribution is 2.39. The first-order valence-corrected chi connectivity index (χ1v) is 9.62. The molecule has 2 heterocycles. The Kier molecular flexibility index (Phi) is 5.11. The lowest BCUT2D eigenvalue weighted by atomic mass is 9.86. The van der Waals surface area contributed by atoms with E-state index in [0.29, 0.717) is 24.5 Å². The van der Waals surface area contributed by atoms with Crippen LogP contribution in [0.5, 0.6) is 5.75 Å². The Morgan fingerprint density at radius 3 is 2.89 bits per heavy atom. The summed E-state index contributed by atoms with van der Waals surface area (Å²) in [5.41, 5.74) is 5.98. The van der Waals surface area contributed by atoms with Crippen molar-refractivity contribution in [1.82, 2.24) is 4.98 Å². The number of hydrogen-bond donors (Lipinski definition) is 1. The summed E-state index contributed by atoms with van der Waals surface area (Å²) in [4.78, 5) is 15.5. The van der Waals surface area contributed by atoms with Crippen LogP contribution < -0.4 is 4.74 Å². The predicted molar refractivity (Wildman–Crippen MR) is 109 cm³/mol. The first-order valence-electron chi connectivity index (χ1n) is 9.62. The van der Waals surface area contributed by atoms with E-state index < -0.39 is 5.97 Å². The van der Waals surface area contributed by atoms with Crippen molar-refractivity contribution in [3.05, 3.63) is 83.2 Å². The number of benzene rings is 2. The van der Waals surface area contributed by atoms with Gasteiger partial charge in [-0.2, -0.15) is 0 Å². The van der Waals surface area contributed by atoms with Gasteiger partial charge in [0.05, 0.1) is 12.2 Å². The van der Waals surface area contributed by atoms with E-state index in [1.54, 1.807) is 12.3 Å². The molecular formula is C24H23NO3. The molecule has 0 aliphatic carbocycles. The Bertz CT molecular complexity index is 1010. The SMILES string of the molecule is Cc1ccccc1-c1ccc2c(c1)OCCC2CCc1cnccc1C(=O)O. The fraction of sp³-hybridized carbons (Fsp3) is 0.250. The molecule has 0 fully saturated rings. The minimum absolute atomic E-state index is 0.345. The quantitative estimate of drug-likeness (QED) is 0.663. The molecule has 2 aromatic carbocycles. The summed E-state index contributed by atoms with van der Waals surface area (Å²) in [6.07, 6.45) is 5.72. The molecule has 28 heavy (non-hydrogen) atoms. The van der Waals surface area contributed by atoms with E-state index in [0.717, 1.165) is 29.7 Å². The zero-order valence-electron chi connectivity index (χ0n) is 15.9. The summed E-state index contributed by atoms with van der Waals surface area (Å²) in [6.45, 7) is 2.81. The molecule has 1 N–H and O–H groups in total. The molecule has 0 bridgehead atoms. The number of nitrogens with zero attached hydrogens (tertiary/aromatic N) is 1. The molecule has 4 rings (SSSR count). The largest absolute Gasteiger partial charge is 0.493 e. The third-order valence-corrected chi connectivity index (χ3v) is 5.53. The van der Waals surface area contributed by atoms with Gasteiger partial charge in [-0.05, 0) is 72.1 Å². The molecule has 142 valence electrons. The Hall–Kier alpha value is -3.14. The highest BCUT2D eigenvalue weighted by Gasteiger charge is 2.23. The fourth-order valence-corrected chi connectivity index (χ4v) is 3.99. The van der Waals surface area contributed by atoms with Gasteiger partial charge in [-0.1, -0.05) is 36.4 Å². The molecule has 0 radical (unpaired) electrons. The van der Waals surface area contributed by atoms with Gasteiger partial charge in [0.1, 0.15) is 5.75 Å². The van der Waals surface area contributed by atoms with Crippen molar-refractivity contribution in [1.29, 1.82) is 0 Å². The lowest BCUT2D eigenvalue weighted by molar-refractivity contribution is 0.0695. The summed E-state index contributed by atoms with van der Waals surface area (Å²) in [6, 6.07) is 16.4. The van der Waals surface area contributed by atoms with Crippen molar-refractivity contribution in [3.8, 4) is 16.9 Å². The van der Waals surface area contributed by atoms with Crippen LogP contribution >= 0.6 is 0 Å². The summed E-state index contributed by atoms with van der Waals surface area (Å²) >= 11 is 0. The Morgan fingerprint density at radius 1 is 1.21 bits per heavy atom. The molecule has 1 aliphatic rings. The molecule has 1 unspecified atom stereocenters. The molecule has 4 nitrogen and oxygen atoms in total. The van der Waals surface area contributed by atoms with Gasteiger partial charge in [-0.25, -0.2) is 4.79 Å². The van der Waals surface area contributed by atoms with Crippen molar-refractivity contribution in [2.45, 2.75) is 32.1 Å². The molecule has 3 aromatic rings. The van der Waals surface area contributed by atoms with Gasteiger partial charge in [-0.15, -0.1) is 0 Å². The van der Waals surface area contributed by atoms with E-state index in [1.165, 1.54) is 22.9 Å². The average Bonchev–Trinajstić information content (AvgIpc) is 2.72. The summed E-state index contributed by atoms with van der Waals surface area (Å²) in [5.74, 6) is 0.408. The smallest absolute Gasteiger partial charge is 0.336 e. The topological polar surface area (TPSA) is 59.4 Å². The zero-order valence-corrected chi connectivity index (χ0v) is 15.9. The highest BCUT2D eigenvalue weighted by atomic mass is 16.5. The third kappa shape index (κ3) is 3.63. The molecule has 1 aliphatic heterocycles. The van der Waals surface area contributed by atoms with Crippen LogP contribution in [0, 0.1) is 6.92 Å². The molecule has 1 atom stereocenters. The van der Waals surface area contributed by atoms with E-state index >= 15 is 0 Å². The van der Waals surface area contributed by atoms with Crippen LogP contribution in [-0.4, -0.2) is 22.7 Å². The number of hydrogen-bond acceptors (Lipinski definition) is 3. The first kappa shape index (κ1) is 18.2. The fourth-order valence-electron chi connectivity index (χ4n) is 3.99. The van der Waals surface area contributed by atoms with Crippen LogP contribution in [0.1, 0.15) is 45.8 Å². The van der Waals surface area contributed by atoms with Gasteiger partial charge in [0.15, 0.2) is 0 Å². The van der Waals surface area contributed by atoms with E-state index in [-0.39, 0.29) is 0 Å². The number of rotatable bonds is 5. The number of carboxylic acids is 1. The lowest BCUT2D eigenvalue weighted by Gasteiger charge is -2.27. The highest BCUT2D eigenvalue weighted by molar-refractivity contribution is 5.89. The number of aromatic nitrogens is 1. The maximum Gasteiger partial charge on any atom is 0.336 e. The van der Waals surface area contributed by atoms with Crippen molar-refractivity contribution in [3.63, 3.8) is 0 Å². The molecule has 0 spiro atoms. The molecule has 4 heteroatoms. The number of carboxylic acid groups (broad SMARTS) is 1. The van der Waals surface area contributed by atoms with Gasteiger partial charge < -0.3 is 9.84 Å². The normalized spacial score (nSPS) is 15.5. The van der Waals surface area contributed by atoms with Crippen LogP contribution in [0.2, 0.25) is 0 Å². The summed E-state index contributed by atoms with van der Waals surface area (Å²) < 4.78 is 5.96. The average molecular weight is 373 g/mol. The van der Waals surface area contributed by atoms with Crippen molar-refractivity contribution >= 4 is 5.97 Å². The van der Waals surface area contributed by atoms with Gasteiger partial charge in [0.2, 0.25) is 0 Å². The van der Waals surface area contributed by atoms with E-state index in [1.807, 2.05) is 6.07 Å². The third-order valence-electron chi connectivity index (χ3n) is 5.53. The number of aromatic carboxylic acids is 1. The molecular weight excluding hydrogens is 350 g/mol. The van der Waals surface area contributed by atoms with Gasteiger partial charge in [0, 0.05) is 12.4 Å². The predicted octanol–water partition coefficient (Wildman–Crippen LogP) is 5.25. The standard InChI is InChI=1S/C24H23NO3/c1-16-4-2-3-5-20(16)18-8-9-21-17(11-13-28-23(21)14-18)6-7-19-15-25-12-10-22(19)24(26)27/h2-5,8-10,12,14-15,17H,6-7,11,13H2,1H3,(H,26,27). The first-order chi connectivity index (χ1) is 13.6. The lowest BCUT2D eigenvalue weighted by Crippen LogP contribution is -2.15. The second kappa shape index (κ2) is 7.85. The van der Waals surface area contributed by atoms with E-state index in [4.69, 9.17) is 4.74 Å². The molecule has 0 saturated carbocycles. The minimum Gasteiger partial charge on any atom is -0.493 e. The van der Waals surface area contributed by atoms with Crippen LogP contribution in [0.25, 0.3) is 11.1 Å². The Morgan fingerprint density at radius 2 is 2.07 bits per heavy atom. The van der Waals surface area contributed by atoms with Gasteiger partial charge >= 0.3 is 5.97 Å². The Labute approximate surface area is 164 Å². The van der Waals surface area contributed by atoms with Crippen molar-refractivity contribution < 1.29 is 14.6 Å². The van der Waals surface area contributed by atoms with Crippen molar-refractivity contribution in [2.75, 3.05) is 6.61 Å². The maximum absolute atomic E-state index is 11.4. The number of aryl methyl sites for hydroxylation is 2. The number of ether oxygens (including phenoxy) is 1. The van der Waals surface area contributed by atoms with Crippen LogP contribution in [-0.2, 0) is 6.42 Å². The second-order valence-corrected chi connectivity index (χ2v) is 7.28. The van der Waals surface area contributed by atoms with Crippen LogP contribution in [0.4, 0.5) is 0 Å². The molecule has 0 saturated heterocycles. The second-order valence-electron chi connectivity index (χ2n) is 7.28. The monoisotopic (exact) mass is 373 g/mol. The summed E-state index contributed by atoms with van der Waals surface area (Å²) in [5, 5.41) is 9.37. The van der Waals surface area contributed by atoms with Crippen molar-refractivity contribution in [2.24, 2.45) is 0 Å². The number of pyridine rings is 1.